The second-order valence-electron chi connectivity index (χ2n) is 4.84. The quantitative estimate of drug-likeness (QED) is 0.900. The van der Waals surface area contributed by atoms with Crippen molar-refractivity contribution in [3.05, 3.63) is 46.5 Å². The largest absolute Gasteiger partial charge is 0.386 e. The maximum Gasteiger partial charge on any atom is 0.102 e. The monoisotopic (exact) mass is 245 g/mol. The van der Waals surface area contributed by atoms with Gasteiger partial charge in [-0.3, -0.25) is 9.67 Å². The first-order chi connectivity index (χ1) is 8.47. The summed E-state index contributed by atoms with van der Waals surface area (Å²) in [6, 6.07) is 4.03. The minimum absolute atomic E-state index is 0.536. The first kappa shape index (κ1) is 12.8. The zero-order chi connectivity index (χ0) is 13.3. The van der Waals surface area contributed by atoms with Crippen LogP contribution < -0.4 is 0 Å². The average molecular weight is 245 g/mol. The molecule has 2 heterocycles. The van der Waals surface area contributed by atoms with Gasteiger partial charge in [-0.1, -0.05) is 6.07 Å². The Labute approximate surface area is 107 Å². The van der Waals surface area contributed by atoms with Gasteiger partial charge in [0.15, 0.2) is 0 Å². The van der Waals surface area contributed by atoms with Crippen molar-refractivity contribution in [2.45, 2.75) is 33.3 Å². The molecule has 2 rings (SSSR count). The van der Waals surface area contributed by atoms with Crippen molar-refractivity contribution >= 4 is 0 Å². The Hall–Kier alpha value is -1.68. The van der Waals surface area contributed by atoms with E-state index in [1.807, 2.05) is 44.6 Å². The number of hydrogen-bond acceptors (Lipinski definition) is 3. The predicted molar refractivity (Wildman–Crippen MR) is 70.3 cm³/mol. The molecular formula is C14H19N3O. The minimum atomic E-state index is -0.583. The molecule has 1 atom stereocenters. The Kier molecular flexibility index (Phi) is 3.48. The fraction of sp³-hybridized carbons (Fsp3) is 0.429. The van der Waals surface area contributed by atoms with Crippen LogP contribution in [0.4, 0.5) is 0 Å². The number of aliphatic hydroxyl groups excluding tert-OH is 1. The summed E-state index contributed by atoms with van der Waals surface area (Å²) in [6.07, 6.45) is 1.74. The third kappa shape index (κ3) is 2.59. The lowest BCUT2D eigenvalue weighted by Crippen LogP contribution is -2.09. The van der Waals surface area contributed by atoms with Crippen molar-refractivity contribution in [3.8, 4) is 0 Å². The lowest BCUT2D eigenvalue weighted by Gasteiger charge is -2.13. The predicted octanol–water partition coefficient (Wildman–Crippen LogP) is 2.02. The van der Waals surface area contributed by atoms with Crippen LogP contribution in [0.2, 0.25) is 0 Å². The maximum absolute atomic E-state index is 10.3. The van der Waals surface area contributed by atoms with Crippen LogP contribution in [0.1, 0.15) is 34.3 Å². The number of aromatic nitrogens is 3. The highest BCUT2D eigenvalue weighted by molar-refractivity contribution is 5.26. The summed E-state index contributed by atoms with van der Waals surface area (Å²) in [5.74, 6) is 0. The van der Waals surface area contributed by atoms with Crippen molar-refractivity contribution in [1.29, 1.82) is 0 Å². The molecule has 2 aromatic heterocycles. The standard InChI is InChI=1S/C14H19N3O/c1-9-5-10(2)14(15-8-9)13(18)7-12-6-11(3)16-17(12)4/h5-6,8,13,18H,7H2,1-4H3. The van der Waals surface area contributed by atoms with E-state index in [-0.39, 0.29) is 0 Å². The van der Waals surface area contributed by atoms with E-state index in [0.29, 0.717) is 6.42 Å². The first-order valence-electron chi connectivity index (χ1n) is 6.08. The molecule has 0 fully saturated rings. The van der Waals surface area contributed by atoms with Gasteiger partial charge in [-0.15, -0.1) is 0 Å². The summed E-state index contributed by atoms with van der Waals surface area (Å²) >= 11 is 0. The van der Waals surface area contributed by atoms with E-state index in [1.54, 1.807) is 6.20 Å². The fourth-order valence-electron chi connectivity index (χ4n) is 2.22. The van der Waals surface area contributed by atoms with Crippen LogP contribution in [0.3, 0.4) is 0 Å². The van der Waals surface area contributed by atoms with Gasteiger partial charge in [0, 0.05) is 25.4 Å². The summed E-state index contributed by atoms with van der Waals surface area (Å²) < 4.78 is 1.81. The third-order valence-corrected chi connectivity index (χ3v) is 3.07. The molecule has 0 aliphatic rings. The van der Waals surface area contributed by atoms with E-state index in [2.05, 4.69) is 10.1 Å². The van der Waals surface area contributed by atoms with Crippen LogP contribution in [-0.2, 0) is 13.5 Å². The molecule has 0 aliphatic heterocycles. The van der Waals surface area contributed by atoms with Gasteiger partial charge >= 0.3 is 0 Å². The van der Waals surface area contributed by atoms with Gasteiger partial charge in [-0.2, -0.15) is 5.10 Å². The molecule has 18 heavy (non-hydrogen) atoms. The summed E-state index contributed by atoms with van der Waals surface area (Å²) in [5, 5.41) is 14.6. The maximum atomic E-state index is 10.3. The molecule has 0 aliphatic carbocycles. The van der Waals surface area contributed by atoms with Gasteiger partial charge in [0.1, 0.15) is 6.10 Å². The SMILES string of the molecule is Cc1cnc(C(O)Cc2cc(C)nn2C)c(C)c1. The molecule has 1 N–H and O–H groups in total. The molecule has 0 saturated heterocycles. The highest BCUT2D eigenvalue weighted by Gasteiger charge is 2.15. The van der Waals surface area contributed by atoms with E-state index in [1.165, 1.54) is 0 Å². The minimum Gasteiger partial charge on any atom is -0.386 e. The molecule has 1 unspecified atom stereocenters. The number of hydrogen-bond donors (Lipinski definition) is 1. The highest BCUT2D eigenvalue weighted by Crippen LogP contribution is 2.20. The second-order valence-corrected chi connectivity index (χ2v) is 4.84. The summed E-state index contributed by atoms with van der Waals surface area (Å²) in [6.45, 7) is 5.93. The molecule has 2 aromatic rings. The summed E-state index contributed by atoms with van der Waals surface area (Å²) in [4.78, 5) is 4.33. The molecule has 0 spiro atoms. The zero-order valence-electron chi connectivity index (χ0n) is 11.3. The molecule has 0 aromatic carbocycles. The molecule has 96 valence electrons. The van der Waals surface area contributed by atoms with E-state index >= 15 is 0 Å². The first-order valence-corrected chi connectivity index (χ1v) is 6.08. The van der Waals surface area contributed by atoms with E-state index < -0.39 is 6.10 Å². The molecule has 0 radical (unpaired) electrons. The molecule has 0 bridgehead atoms. The number of nitrogens with zero attached hydrogens (tertiary/aromatic N) is 3. The molecule has 4 heteroatoms. The highest BCUT2D eigenvalue weighted by atomic mass is 16.3. The summed E-state index contributed by atoms with van der Waals surface area (Å²) in [7, 11) is 1.89. The van der Waals surface area contributed by atoms with Crippen molar-refractivity contribution in [3.63, 3.8) is 0 Å². The van der Waals surface area contributed by atoms with Crippen LogP contribution in [0, 0.1) is 20.8 Å². The number of pyridine rings is 1. The van der Waals surface area contributed by atoms with Crippen molar-refractivity contribution < 1.29 is 5.11 Å². The van der Waals surface area contributed by atoms with E-state index in [9.17, 15) is 5.11 Å². The molecule has 0 amide bonds. The van der Waals surface area contributed by atoms with Crippen LogP contribution in [0.25, 0.3) is 0 Å². The van der Waals surface area contributed by atoms with Crippen LogP contribution in [-0.4, -0.2) is 19.9 Å². The van der Waals surface area contributed by atoms with Gasteiger partial charge in [-0.05, 0) is 38.0 Å². The van der Waals surface area contributed by atoms with Gasteiger partial charge in [-0.25, -0.2) is 0 Å². The number of aryl methyl sites for hydroxylation is 4. The topological polar surface area (TPSA) is 50.9 Å². The Morgan fingerprint density at radius 3 is 2.56 bits per heavy atom. The Bertz CT molecular complexity index is 560. The lowest BCUT2D eigenvalue weighted by molar-refractivity contribution is 0.170. The van der Waals surface area contributed by atoms with Gasteiger partial charge < -0.3 is 5.11 Å². The molecule has 4 nitrogen and oxygen atoms in total. The normalized spacial score (nSPS) is 12.7. The lowest BCUT2D eigenvalue weighted by atomic mass is 10.0. The van der Waals surface area contributed by atoms with Crippen molar-refractivity contribution in [2.75, 3.05) is 0 Å². The van der Waals surface area contributed by atoms with Crippen molar-refractivity contribution in [2.24, 2.45) is 7.05 Å². The van der Waals surface area contributed by atoms with Gasteiger partial charge in [0.25, 0.3) is 0 Å². The Morgan fingerprint density at radius 1 is 1.28 bits per heavy atom. The molecule has 0 saturated carbocycles. The summed E-state index contributed by atoms with van der Waals surface area (Å²) in [5.41, 5.74) is 4.87. The van der Waals surface area contributed by atoms with E-state index in [4.69, 9.17) is 0 Å². The van der Waals surface area contributed by atoms with E-state index in [0.717, 1.165) is 28.2 Å². The average Bonchev–Trinajstić information content (AvgIpc) is 2.57. The number of aliphatic hydroxyl groups is 1. The van der Waals surface area contributed by atoms with Crippen LogP contribution in [0.15, 0.2) is 18.3 Å². The number of rotatable bonds is 3. The van der Waals surface area contributed by atoms with Crippen molar-refractivity contribution in [1.82, 2.24) is 14.8 Å². The Balaban J connectivity index is 2.21. The zero-order valence-corrected chi connectivity index (χ0v) is 11.3. The van der Waals surface area contributed by atoms with Crippen LogP contribution >= 0.6 is 0 Å². The Morgan fingerprint density at radius 2 is 2.00 bits per heavy atom. The van der Waals surface area contributed by atoms with Crippen LogP contribution in [0.5, 0.6) is 0 Å². The second kappa shape index (κ2) is 4.90. The molecular weight excluding hydrogens is 226 g/mol. The smallest absolute Gasteiger partial charge is 0.102 e. The third-order valence-electron chi connectivity index (χ3n) is 3.07. The van der Waals surface area contributed by atoms with Gasteiger partial charge in [0.05, 0.1) is 11.4 Å². The fourth-order valence-corrected chi connectivity index (χ4v) is 2.22. The van der Waals surface area contributed by atoms with Gasteiger partial charge in [0.2, 0.25) is 0 Å².